The lowest BCUT2D eigenvalue weighted by molar-refractivity contribution is -0.115. The van der Waals surface area contributed by atoms with Gasteiger partial charge in [-0.2, -0.15) is 0 Å². The van der Waals surface area contributed by atoms with E-state index >= 15 is 0 Å². The van der Waals surface area contributed by atoms with Crippen molar-refractivity contribution in [2.75, 3.05) is 5.32 Å². The van der Waals surface area contributed by atoms with Crippen molar-refractivity contribution in [2.24, 2.45) is 0 Å². The van der Waals surface area contributed by atoms with E-state index in [2.05, 4.69) is 15.3 Å². The third kappa shape index (κ3) is 1.81. The van der Waals surface area contributed by atoms with Gasteiger partial charge in [-0.15, -0.1) is 0 Å². The second-order valence-electron chi connectivity index (χ2n) is 5.36. The SMILES string of the molecule is Cc1ccc2nc(C)n(-c3ccc4c(c3)CC(=O)N4)c2n1. The van der Waals surface area contributed by atoms with E-state index in [-0.39, 0.29) is 5.91 Å². The number of benzene rings is 1. The van der Waals surface area contributed by atoms with Gasteiger partial charge in [0.25, 0.3) is 0 Å². The van der Waals surface area contributed by atoms with Crippen molar-refractivity contribution < 1.29 is 4.79 Å². The minimum atomic E-state index is 0.0448. The van der Waals surface area contributed by atoms with Crippen LogP contribution in [0.4, 0.5) is 5.69 Å². The highest BCUT2D eigenvalue weighted by Crippen LogP contribution is 2.27. The van der Waals surface area contributed by atoms with Crippen LogP contribution in [0, 0.1) is 13.8 Å². The van der Waals surface area contributed by atoms with Crippen LogP contribution in [0.5, 0.6) is 0 Å². The third-order valence-corrected chi connectivity index (χ3v) is 3.78. The molecule has 3 aromatic rings. The van der Waals surface area contributed by atoms with Crippen molar-refractivity contribution in [3.05, 3.63) is 47.4 Å². The lowest BCUT2D eigenvalue weighted by Crippen LogP contribution is -2.03. The molecule has 104 valence electrons. The van der Waals surface area contributed by atoms with E-state index in [1.54, 1.807) is 0 Å². The fourth-order valence-electron chi connectivity index (χ4n) is 2.83. The maximum absolute atomic E-state index is 11.5. The van der Waals surface area contributed by atoms with Gasteiger partial charge in [0.1, 0.15) is 11.3 Å². The zero-order valence-electron chi connectivity index (χ0n) is 11.8. The molecule has 0 saturated heterocycles. The van der Waals surface area contributed by atoms with Crippen LogP contribution in [-0.2, 0) is 11.2 Å². The molecule has 0 radical (unpaired) electrons. The number of imidazole rings is 1. The molecule has 1 aliphatic heterocycles. The lowest BCUT2D eigenvalue weighted by atomic mass is 10.1. The van der Waals surface area contributed by atoms with Crippen LogP contribution < -0.4 is 5.32 Å². The number of carbonyl (C=O) groups is 1. The minimum absolute atomic E-state index is 0.0448. The normalized spacial score (nSPS) is 13.5. The number of carbonyl (C=O) groups excluding carboxylic acids is 1. The Balaban J connectivity index is 1.95. The topological polar surface area (TPSA) is 59.8 Å². The highest BCUT2D eigenvalue weighted by Gasteiger charge is 2.19. The maximum Gasteiger partial charge on any atom is 0.228 e. The largest absolute Gasteiger partial charge is 0.326 e. The Morgan fingerprint density at radius 3 is 2.86 bits per heavy atom. The number of nitrogens with zero attached hydrogens (tertiary/aromatic N) is 3. The number of rotatable bonds is 1. The fourth-order valence-corrected chi connectivity index (χ4v) is 2.83. The summed E-state index contributed by atoms with van der Waals surface area (Å²) in [6, 6.07) is 9.91. The summed E-state index contributed by atoms with van der Waals surface area (Å²) in [5.41, 5.74) is 5.60. The first-order chi connectivity index (χ1) is 10.1. The molecule has 5 nitrogen and oxygen atoms in total. The van der Waals surface area contributed by atoms with Crippen LogP contribution in [0.3, 0.4) is 0 Å². The van der Waals surface area contributed by atoms with Gasteiger partial charge in [-0.05, 0) is 49.7 Å². The quantitative estimate of drug-likeness (QED) is 0.744. The van der Waals surface area contributed by atoms with Crippen LogP contribution in [0.15, 0.2) is 30.3 Å². The maximum atomic E-state index is 11.5. The average molecular weight is 278 g/mol. The molecule has 4 rings (SSSR count). The fraction of sp³-hybridized carbons (Fsp3) is 0.188. The number of hydrogen-bond donors (Lipinski definition) is 1. The summed E-state index contributed by atoms with van der Waals surface area (Å²) in [5, 5.41) is 2.85. The second-order valence-corrected chi connectivity index (χ2v) is 5.36. The number of aromatic nitrogens is 3. The summed E-state index contributed by atoms with van der Waals surface area (Å²) in [4.78, 5) is 20.6. The number of anilines is 1. The van der Waals surface area contributed by atoms with E-state index in [9.17, 15) is 4.79 Å². The molecule has 2 aromatic heterocycles. The smallest absolute Gasteiger partial charge is 0.228 e. The molecule has 1 amide bonds. The van der Waals surface area contributed by atoms with Gasteiger partial charge in [0.15, 0.2) is 5.65 Å². The van der Waals surface area contributed by atoms with Crippen molar-refractivity contribution in [1.82, 2.24) is 14.5 Å². The molecule has 1 N–H and O–H groups in total. The van der Waals surface area contributed by atoms with Gasteiger partial charge in [-0.25, -0.2) is 9.97 Å². The number of pyridine rings is 1. The van der Waals surface area contributed by atoms with E-state index in [0.29, 0.717) is 6.42 Å². The van der Waals surface area contributed by atoms with Crippen LogP contribution >= 0.6 is 0 Å². The van der Waals surface area contributed by atoms with E-state index in [1.165, 1.54) is 0 Å². The van der Waals surface area contributed by atoms with Gasteiger partial charge in [-0.1, -0.05) is 0 Å². The molecular weight excluding hydrogens is 264 g/mol. The molecule has 0 saturated carbocycles. The highest BCUT2D eigenvalue weighted by molar-refractivity contribution is 5.99. The molecule has 0 fully saturated rings. The Morgan fingerprint density at radius 2 is 2.00 bits per heavy atom. The van der Waals surface area contributed by atoms with Gasteiger partial charge >= 0.3 is 0 Å². The molecular formula is C16H14N4O. The molecule has 0 bridgehead atoms. The zero-order chi connectivity index (χ0) is 14.6. The average Bonchev–Trinajstić information content (AvgIpc) is 2.95. The predicted octanol–water partition coefficient (Wildman–Crippen LogP) is 2.53. The Bertz CT molecular complexity index is 895. The predicted molar refractivity (Wildman–Crippen MR) is 80.7 cm³/mol. The second kappa shape index (κ2) is 4.15. The number of aryl methyl sites for hydroxylation is 2. The van der Waals surface area contributed by atoms with E-state index in [4.69, 9.17) is 0 Å². The number of fused-ring (bicyclic) bond motifs is 2. The van der Waals surface area contributed by atoms with Gasteiger partial charge in [0.2, 0.25) is 5.91 Å². The molecule has 0 aliphatic carbocycles. The first-order valence-corrected chi connectivity index (χ1v) is 6.88. The molecule has 0 atom stereocenters. The number of hydrogen-bond acceptors (Lipinski definition) is 3. The van der Waals surface area contributed by atoms with Crippen LogP contribution in [0.25, 0.3) is 16.9 Å². The van der Waals surface area contributed by atoms with Crippen molar-refractivity contribution in [1.29, 1.82) is 0 Å². The number of amides is 1. The molecule has 1 aromatic carbocycles. The third-order valence-electron chi connectivity index (χ3n) is 3.78. The van der Waals surface area contributed by atoms with E-state index in [0.717, 1.165) is 39.6 Å². The van der Waals surface area contributed by atoms with Crippen LogP contribution in [-0.4, -0.2) is 20.4 Å². The number of nitrogens with one attached hydrogen (secondary N) is 1. The summed E-state index contributed by atoms with van der Waals surface area (Å²) in [5.74, 6) is 0.934. The van der Waals surface area contributed by atoms with Crippen molar-refractivity contribution >= 4 is 22.8 Å². The van der Waals surface area contributed by atoms with Gasteiger partial charge in [0, 0.05) is 17.1 Å². The summed E-state index contributed by atoms with van der Waals surface area (Å²) in [6.45, 7) is 3.94. The molecule has 0 unspecified atom stereocenters. The summed E-state index contributed by atoms with van der Waals surface area (Å²) in [6.07, 6.45) is 0.432. The van der Waals surface area contributed by atoms with E-state index in [1.807, 2.05) is 48.7 Å². The summed E-state index contributed by atoms with van der Waals surface area (Å²) >= 11 is 0. The standard InChI is InChI=1S/C16H14N4O/c1-9-3-5-14-16(17-9)20(10(2)18-14)12-4-6-13-11(7-12)8-15(21)19-13/h3-7H,8H2,1-2H3,(H,19,21). The molecule has 0 spiro atoms. The Morgan fingerprint density at radius 1 is 1.14 bits per heavy atom. The first kappa shape index (κ1) is 12.1. The van der Waals surface area contributed by atoms with Crippen molar-refractivity contribution in [2.45, 2.75) is 20.3 Å². The van der Waals surface area contributed by atoms with Crippen LogP contribution in [0.2, 0.25) is 0 Å². The van der Waals surface area contributed by atoms with Crippen molar-refractivity contribution in [3.63, 3.8) is 0 Å². The van der Waals surface area contributed by atoms with Crippen LogP contribution in [0.1, 0.15) is 17.1 Å². The minimum Gasteiger partial charge on any atom is -0.326 e. The van der Waals surface area contributed by atoms with Gasteiger partial charge in [-0.3, -0.25) is 9.36 Å². The van der Waals surface area contributed by atoms with Gasteiger partial charge < -0.3 is 5.32 Å². The summed E-state index contributed by atoms with van der Waals surface area (Å²) < 4.78 is 2.03. The lowest BCUT2D eigenvalue weighted by Gasteiger charge is -2.08. The van der Waals surface area contributed by atoms with Crippen molar-refractivity contribution in [3.8, 4) is 5.69 Å². The first-order valence-electron chi connectivity index (χ1n) is 6.88. The monoisotopic (exact) mass is 278 g/mol. The highest BCUT2D eigenvalue weighted by atomic mass is 16.1. The molecule has 21 heavy (non-hydrogen) atoms. The zero-order valence-corrected chi connectivity index (χ0v) is 11.8. The van der Waals surface area contributed by atoms with Gasteiger partial charge in [0.05, 0.1) is 6.42 Å². The molecule has 3 heterocycles. The molecule has 1 aliphatic rings. The van der Waals surface area contributed by atoms with E-state index < -0.39 is 0 Å². The molecule has 5 heteroatoms. The Kier molecular flexibility index (Phi) is 2.39. The summed E-state index contributed by atoms with van der Waals surface area (Å²) in [7, 11) is 0. The Labute approximate surface area is 121 Å². The Hall–Kier alpha value is -2.69.